The maximum absolute atomic E-state index is 12.9. The predicted octanol–water partition coefficient (Wildman–Crippen LogP) is 5.27. The van der Waals surface area contributed by atoms with Gasteiger partial charge in [0.25, 0.3) is 0 Å². The van der Waals surface area contributed by atoms with Crippen LogP contribution in [0.5, 0.6) is 0 Å². The van der Waals surface area contributed by atoms with Gasteiger partial charge in [-0.25, -0.2) is 0 Å². The van der Waals surface area contributed by atoms with Crippen molar-refractivity contribution in [1.29, 1.82) is 0 Å². The Morgan fingerprint density at radius 3 is 2.32 bits per heavy atom. The van der Waals surface area contributed by atoms with Gasteiger partial charge in [-0.1, -0.05) is 48.0 Å². The number of nitrogens with zero attached hydrogens (tertiary/aromatic N) is 1. The molecule has 132 valence electrons. The van der Waals surface area contributed by atoms with E-state index in [0.717, 1.165) is 24.9 Å². The van der Waals surface area contributed by atoms with Gasteiger partial charge in [0.05, 0.1) is 5.56 Å². The first-order chi connectivity index (χ1) is 11.9. The van der Waals surface area contributed by atoms with Gasteiger partial charge < -0.3 is 4.90 Å². The first kappa shape index (κ1) is 17.7. The second kappa shape index (κ2) is 7.04. The lowest BCUT2D eigenvalue weighted by Crippen LogP contribution is -2.18. The molecule has 0 saturated carbocycles. The Morgan fingerprint density at radius 1 is 1.00 bits per heavy atom. The highest BCUT2D eigenvalue weighted by Gasteiger charge is 2.31. The molecule has 0 aromatic heterocycles. The molecule has 1 unspecified atom stereocenters. The topological polar surface area (TPSA) is 3.24 Å². The number of hydrogen-bond acceptors (Lipinski definition) is 1. The fourth-order valence-corrected chi connectivity index (χ4v) is 3.42. The van der Waals surface area contributed by atoms with Gasteiger partial charge in [-0.05, 0) is 55.8 Å². The van der Waals surface area contributed by atoms with Crippen LogP contribution in [0.25, 0.3) is 0 Å². The van der Waals surface area contributed by atoms with Crippen molar-refractivity contribution >= 4 is 0 Å². The van der Waals surface area contributed by atoms with Gasteiger partial charge >= 0.3 is 6.18 Å². The molecule has 1 atom stereocenters. The van der Waals surface area contributed by atoms with E-state index in [4.69, 9.17) is 0 Å². The van der Waals surface area contributed by atoms with Crippen LogP contribution in [0.2, 0.25) is 0 Å². The Hall–Kier alpha value is -2.07. The molecular formula is C21H22F3N. The molecule has 1 aliphatic rings. The Balaban J connectivity index is 1.98. The van der Waals surface area contributed by atoms with Crippen molar-refractivity contribution in [3.05, 3.63) is 82.4 Å². The third-order valence-corrected chi connectivity index (χ3v) is 4.74. The van der Waals surface area contributed by atoms with E-state index < -0.39 is 11.7 Å². The van der Waals surface area contributed by atoms with Gasteiger partial charge in [0.2, 0.25) is 0 Å². The minimum atomic E-state index is -4.30. The Morgan fingerprint density at radius 2 is 1.68 bits per heavy atom. The fourth-order valence-electron chi connectivity index (χ4n) is 3.42. The zero-order valence-corrected chi connectivity index (χ0v) is 14.5. The van der Waals surface area contributed by atoms with E-state index in [0.29, 0.717) is 0 Å². The van der Waals surface area contributed by atoms with E-state index in [2.05, 4.69) is 23.1 Å². The highest BCUT2D eigenvalue weighted by Crippen LogP contribution is 2.40. The summed E-state index contributed by atoms with van der Waals surface area (Å²) in [5.74, 6) is 0.0344. The quantitative estimate of drug-likeness (QED) is 0.682. The lowest BCUT2D eigenvalue weighted by atomic mass is 9.76. The molecule has 2 aromatic rings. The van der Waals surface area contributed by atoms with Crippen LogP contribution in [-0.4, -0.2) is 25.5 Å². The van der Waals surface area contributed by atoms with Crippen molar-refractivity contribution in [2.45, 2.75) is 24.9 Å². The number of fused-ring (bicyclic) bond motifs is 1. The van der Waals surface area contributed by atoms with Crippen LogP contribution in [-0.2, 0) is 12.6 Å². The van der Waals surface area contributed by atoms with Gasteiger partial charge in [-0.3, -0.25) is 0 Å². The minimum absolute atomic E-state index is 0.0344. The minimum Gasteiger partial charge on any atom is -0.309 e. The first-order valence-electron chi connectivity index (χ1n) is 8.45. The SMILES string of the molecule is CN(C)CCC1=CCc2ccccc2C1c1ccc(C(F)(F)F)cc1. The standard InChI is InChI=1S/C21H22F3N/c1-25(2)14-13-17-8-7-15-5-3-4-6-19(15)20(17)16-9-11-18(12-10-16)21(22,23)24/h3-6,8-12,20H,7,13-14H2,1-2H3. The van der Waals surface area contributed by atoms with Crippen LogP contribution in [0.15, 0.2) is 60.2 Å². The highest BCUT2D eigenvalue weighted by atomic mass is 19.4. The molecule has 1 aliphatic carbocycles. The molecule has 2 aromatic carbocycles. The number of rotatable bonds is 4. The van der Waals surface area contributed by atoms with Gasteiger partial charge in [0.15, 0.2) is 0 Å². The molecule has 0 amide bonds. The largest absolute Gasteiger partial charge is 0.416 e. The summed E-state index contributed by atoms with van der Waals surface area (Å²) in [5.41, 5.74) is 4.07. The molecule has 0 N–H and O–H groups in total. The molecule has 0 saturated heterocycles. The highest BCUT2D eigenvalue weighted by molar-refractivity contribution is 5.49. The molecule has 25 heavy (non-hydrogen) atoms. The van der Waals surface area contributed by atoms with Crippen molar-refractivity contribution in [2.75, 3.05) is 20.6 Å². The smallest absolute Gasteiger partial charge is 0.309 e. The normalized spacial score (nSPS) is 17.4. The Kier molecular flexibility index (Phi) is 5.00. The van der Waals surface area contributed by atoms with E-state index in [-0.39, 0.29) is 5.92 Å². The number of halogens is 3. The maximum Gasteiger partial charge on any atom is 0.416 e. The lowest BCUT2D eigenvalue weighted by Gasteiger charge is -2.29. The van der Waals surface area contributed by atoms with Gasteiger partial charge in [0.1, 0.15) is 0 Å². The number of allylic oxidation sites excluding steroid dienone is 1. The zero-order valence-electron chi connectivity index (χ0n) is 14.5. The number of benzene rings is 2. The molecular weight excluding hydrogens is 323 g/mol. The van der Waals surface area contributed by atoms with Crippen molar-refractivity contribution < 1.29 is 13.2 Å². The second-order valence-corrected chi connectivity index (χ2v) is 6.79. The summed E-state index contributed by atoms with van der Waals surface area (Å²) >= 11 is 0. The van der Waals surface area contributed by atoms with Crippen molar-refractivity contribution in [3.8, 4) is 0 Å². The first-order valence-corrected chi connectivity index (χ1v) is 8.45. The fraction of sp³-hybridized carbons (Fsp3) is 0.333. The zero-order chi connectivity index (χ0) is 18.0. The van der Waals surface area contributed by atoms with Crippen LogP contribution < -0.4 is 0 Å². The maximum atomic E-state index is 12.9. The summed E-state index contributed by atoms with van der Waals surface area (Å²) in [6.45, 7) is 0.922. The Labute approximate surface area is 146 Å². The van der Waals surface area contributed by atoms with Crippen LogP contribution in [0.4, 0.5) is 13.2 Å². The van der Waals surface area contributed by atoms with Crippen molar-refractivity contribution in [2.24, 2.45) is 0 Å². The van der Waals surface area contributed by atoms with E-state index in [9.17, 15) is 13.2 Å². The lowest BCUT2D eigenvalue weighted by molar-refractivity contribution is -0.137. The summed E-state index contributed by atoms with van der Waals surface area (Å²) in [6, 6.07) is 13.8. The molecule has 0 radical (unpaired) electrons. The predicted molar refractivity (Wildman–Crippen MR) is 94.7 cm³/mol. The average molecular weight is 345 g/mol. The molecule has 0 spiro atoms. The van der Waals surface area contributed by atoms with Crippen LogP contribution in [0.1, 0.15) is 34.6 Å². The third-order valence-electron chi connectivity index (χ3n) is 4.74. The van der Waals surface area contributed by atoms with Crippen molar-refractivity contribution in [1.82, 2.24) is 4.90 Å². The summed E-state index contributed by atoms with van der Waals surface area (Å²) in [5, 5.41) is 0. The second-order valence-electron chi connectivity index (χ2n) is 6.79. The van der Waals surface area contributed by atoms with Crippen molar-refractivity contribution in [3.63, 3.8) is 0 Å². The summed E-state index contributed by atoms with van der Waals surface area (Å²) in [7, 11) is 4.06. The molecule has 0 heterocycles. The third kappa shape index (κ3) is 3.96. The molecule has 4 heteroatoms. The monoisotopic (exact) mass is 345 g/mol. The Bertz CT molecular complexity index is 757. The van der Waals surface area contributed by atoms with Gasteiger partial charge in [-0.2, -0.15) is 13.2 Å². The summed E-state index contributed by atoms with van der Waals surface area (Å²) in [4.78, 5) is 2.13. The molecule has 3 rings (SSSR count). The number of alkyl halides is 3. The summed E-state index contributed by atoms with van der Waals surface area (Å²) < 4.78 is 38.6. The molecule has 0 aliphatic heterocycles. The average Bonchev–Trinajstić information content (AvgIpc) is 2.58. The van der Waals surface area contributed by atoms with Crippen LogP contribution in [0.3, 0.4) is 0 Å². The summed E-state index contributed by atoms with van der Waals surface area (Å²) in [6.07, 6.45) is -0.260. The van der Waals surface area contributed by atoms with E-state index >= 15 is 0 Å². The molecule has 0 fully saturated rings. The van der Waals surface area contributed by atoms with Crippen LogP contribution in [0, 0.1) is 0 Å². The number of hydrogen-bond donors (Lipinski definition) is 0. The molecule has 0 bridgehead atoms. The van der Waals surface area contributed by atoms with E-state index in [1.54, 1.807) is 12.1 Å². The van der Waals surface area contributed by atoms with Gasteiger partial charge in [-0.15, -0.1) is 0 Å². The van der Waals surface area contributed by atoms with E-state index in [1.165, 1.54) is 28.8 Å². The van der Waals surface area contributed by atoms with Crippen LogP contribution >= 0.6 is 0 Å². The van der Waals surface area contributed by atoms with E-state index in [1.807, 2.05) is 26.2 Å². The van der Waals surface area contributed by atoms with Gasteiger partial charge in [0, 0.05) is 12.5 Å². The molecule has 1 nitrogen and oxygen atoms in total.